The van der Waals surface area contributed by atoms with Gasteiger partial charge in [-0.1, -0.05) is 91.0 Å². The molecule has 0 saturated carbocycles. The average Bonchev–Trinajstić information content (AvgIpc) is 3.69. The highest BCUT2D eigenvalue weighted by molar-refractivity contribution is 6.13. The van der Waals surface area contributed by atoms with Crippen molar-refractivity contribution in [3.05, 3.63) is 152 Å². The summed E-state index contributed by atoms with van der Waals surface area (Å²) < 4.78 is 4.41. The fourth-order valence-electron chi connectivity index (χ4n) is 6.64. The van der Waals surface area contributed by atoms with Gasteiger partial charge in [0.15, 0.2) is 0 Å². The van der Waals surface area contributed by atoms with Crippen LogP contribution >= 0.6 is 0 Å². The lowest BCUT2D eigenvalue weighted by molar-refractivity contribution is 1.01. The van der Waals surface area contributed by atoms with E-state index in [1.807, 2.05) is 10.7 Å². The predicted molar refractivity (Wildman–Crippen MR) is 175 cm³/mol. The van der Waals surface area contributed by atoms with Crippen molar-refractivity contribution in [2.45, 2.75) is 0 Å². The zero-order valence-corrected chi connectivity index (χ0v) is 22.8. The maximum absolute atomic E-state index is 4.60. The van der Waals surface area contributed by atoms with Gasteiger partial charge in [-0.15, -0.1) is 0 Å². The molecule has 3 aromatic heterocycles. The summed E-state index contributed by atoms with van der Waals surface area (Å²) in [6.07, 6.45) is 1.88. The second-order valence-electron chi connectivity index (χ2n) is 10.9. The van der Waals surface area contributed by atoms with Gasteiger partial charge in [0.25, 0.3) is 0 Å². The fourth-order valence-corrected chi connectivity index (χ4v) is 6.64. The number of hydrogen-bond acceptors (Lipinski definition) is 1. The maximum atomic E-state index is 4.60. The van der Waals surface area contributed by atoms with E-state index in [0.29, 0.717) is 0 Å². The van der Waals surface area contributed by atoms with E-state index >= 15 is 0 Å². The molecule has 0 aliphatic carbocycles. The number of aromatic nitrogens is 3. The molecule has 0 saturated heterocycles. The topological polar surface area (TPSA) is 22.2 Å². The third-order valence-electron chi connectivity index (χ3n) is 8.58. The van der Waals surface area contributed by atoms with Gasteiger partial charge < -0.3 is 4.57 Å². The monoisotopic (exact) mass is 535 g/mol. The Morgan fingerprint density at radius 3 is 1.74 bits per heavy atom. The standard InChI is InChI=1S/C39H25N3/c1-2-11-30(12-3-1)41-36-15-6-4-14-32(36)35-25-29(18-20-37(35)41)27-10-8-9-26(23-27)28-17-19-33-34(24-28)31-13-5-7-16-38(31)42-39(33)21-22-40-42/h1-25H. The van der Waals surface area contributed by atoms with E-state index in [1.54, 1.807) is 0 Å². The lowest BCUT2D eigenvalue weighted by Gasteiger charge is -2.11. The predicted octanol–water partition coefficient (Wildman–Crippen LogP) is 10.1. The molecule has 42 heavy (non-hydrogen) atoms. The van der Waals surface area contributed by atoms with Crippen LogP contribution in [0.4, 0.5) is 0 Å². The highest BCUT2D eigenvalue weighted by Crippen LogP contribution is 2.37. The van der Waals surface area contributed by atoms with Gasteiger partial charge in [0.1, 0.15) is 0 Å². The van der Waals surface area contributed by atoms with Crippen molar-refractivity contribution < 1.29 is 0 Å². The molecule has 9 rings (SSSR count). The van der Waals surface area contributed by atoms with Gasteiger partial charge >= 0.3 is 0 Å². The molecule has 0 amide bonds. The Kier molecular flexibility index (Phi) is 4.90. The summed E-state index contributed by atoms with van der Waals surface area (Å²) in [5.41, 5.74) is 10.7. The molecule has 196 valence electrons. The van der Waals surface area contributed by atoms with Gasteiger partial charge in [-0.05, 0) is 82.2 Å². The second kappa shape index (κ2) is 8.92. The summed E-state index contributed by atoms with van der Waals surface area (Å²) in [5, 5.41) is 10.8. The Hall–Kier alpha value is -5.67. The van der Waals surface area contributed by atoms with Gasteiger partial charge in [-0.2, -0.15) is 5.10 Å². The normalized spacial score (nSPS) is 11.8. The zero-order chi connectivity index (χ0) is 27.6. The number of hydrogen-bond donors (Lipinski definition) is 0. The van der Waals surface area contributed by atoms with E-state index in [9.17, 15) is 0 Å². The molecule has 0 spiro atoms. The van der Waals surface area contributed by atoms with Crippen LogP contribution in [0.1, 0.15) is 0 Å². The number of para-hydroxylation sites is 3. The first-order chi connectivity index (χ1) is 20.8. The largest absolute Gasteiger partial charge is 0.309 e. The number of fused-ring (bicyclic) bond motifs is 9. The smallest absolute Gasteiger partial charge is 0.0747 e. The van der Waals surface area contributed by atoms with Gasteiger partial charge in [-0.25, -0.2) is 4.52 Å². The molecule has 0 N–H and O–H groups in total. The molecule has 0 aliphatic rings. The van der Waals surface area contributed by atoms with Crippen LogP contribution in [0.2, 0.25) is 0 Å². The van der Waals surface area contributed by atoms with E-state index in [0.717, 1.165) is 11.0 Å². The van der Waals surface area contributed by atoms with Crippen molar-refractivity contribution in [3.63, 3.8) is 0 Å². The van der Waals surface area contributed by atoms with Crippen LogP contribution < -0.4 is 0 Å². The van der Waals surface area contributed by atoms with Crippen molar-refractivity contribution in [1.29, 1.82) is 0 Å². The molecule has 0 unspecified atom stereocenters. The van der Waals surface area contributed by atoms with Crippen LogP contribution in [-0.4, -0.2) is 14.2 Å². The molecule has 0 bridgehead atoms. The SMILES string of the molecule is c1ccc(-n2c3ccccc3c3cc(-c4cccc(-c5ccc6c(c5)c5ccccc5n5nccc65)c4)ccc32)cc1. The Balaban J connectivity index is 1.21. The van der Waals surface area contributed by atoms with Crippen LogP contribution in [0.5, 0.6) is 0 Å². The summed E-state index contributed by atoms with van der Waals surface area (Å²) in [5.74, 6) is 0. The van der Waals surface area contributed by atoms with Crippen LogP contribution in [-0.2, 0) is 0 Å². The summed E-state index contributed by atoms with van der Waals surface area (Å²) in [4.78, 5) is 0. The van der Waals surface area contributed by atoms with Crippen molar-refractivity contribution in [2.75, 3.05) is 0 Å². The van der Waals surface area contributed by atoms with Crippen molar-refractivity contribution in [2.24, 2.45) is 0 Å². The zero-order valence-electron chi connectivity index (χ0n) is 22.8. The molecule has 9 aromatic rings. The van der Waals surface area contributed by atoms with Crippen LogP contribution in [0.25, 0.3) is 76.9 Å². The summed E-state index contributed by atoms with van der Waals surface area (Å²) in [6, 6.07) is 52.5. The molecule has 0 fully saturated rings. The number of benzene rings is 6. The molecule has 6 aromatic carbocycles. The number of rotatable bonds is 3. The lowest BCUT2D eigenvalue weighted by Crippen LogP contribution is -1.93. The first-order valence-electron chi connectivity index (χ1n) is 14.3. The summed E-state index contributed by atoms with van der Waals surface area (Å²) in [7, 11) is 0. The minimum Gasteiger partial charge on any atom is -0.309 e. The Morgan fingerprint density at radius 2 is 0.929 bits per heavy atom. The summed E-state index contributed by atoms with van der Waals surface area (Å²) >= 11 is 0. The van der Waals surface area contributed by atoms with Gasteiger partial charge in [0.2, 0.25) is 0 Å². The molecular weight excluding hydrogens is 510 g/mol. The third kappa shape index (κ3) is 3.37. The van der Waals surface area contributed by atoms with Crippen LogP contribution in [0, 0.1) is 0 Å². The average molecular weight is 536 g/mol. The van der Waals surface area contributed by atoms with Gasteiger partial charge in [-0.3, -0.25) is 0 Å². The van der Waals surface area contributed by atoms with E-state index in [1.165, 1.54) is 65.9 Å². The van der Waals surface area contributed by atoms with Gasteiger partial charge in [0, 0.05) is 27.2 Å². The Labute approximate surface area is 242 Å². The summed E-state index contributed by atoms with van der Waals surface area (Å²) in [6.45, 7) is 0. The van der Waals surface area contributed by atoms with Gasteiger partial charge in [0.05, 0.1) is 28.3 Å². The molecule has 0 atom stereocenters. The highest BCUT2D eigenvalue weighted by Gasteiger charge is 2.14. The molecular formula is C39H25N3. The number of pyridine rings is 1. The van der Waals surface area contributed by atoms with Crippen LogP contribution in [0.15, 0.2) is 152 Å². The van der Waals surface area contributed by atoms with E-state index < -0.39 is 0 Å². The first-order valence-corrected chi connectivity index (χ1v) is 14.3. The number of nitrogens with zero attached hydrogens (tertiary/aromatic N) is 3. The fraction of sp³-hybridized carbons (Fsp3) is 0. The van der Waals surface area contributed by atoms with Crippen molar-refractivity contribution >= 4 is 49.0 Å². The molecule has 3 heterocycles. The van der Waals surface area contributed by atoms with Crippen molar-refractivity contribution in [1.82, 2.24) is 14.2 Å². The van der Waals surface area contributed by atoms with E-state index in [-0.39, 0.29) is 0 Å². The van der Waals surface area contributed by atoms with Crippen LogP contribution in [0.3, 0.4) is 0 Å². The molecule has 0 radical (unpaired) electrons. The minimum absolute atomic E-state index is 1.12. The third-order valence-corrected chi connectivity index (χ3v) is 8.58. The van der Waals surface area contributed by atoms with E-state index in [4.69, 9.17) is 0 Å². The molecule has 3 nitrogen and oxygen atoms in total. The highest BCUT2D eigenvalue weighted by atomic mass is 15.2. The molecule has 0 aliphatic heterocycles. The minimum atomic E-state index is 1.12. The lowest BCUT2D eigenvalue weighted by atomic mass is 9.95. The Bertz CT molecular complexity index is 2460. The quantitative estimate of drug-likeness (QED) is 0.206. The maximum Gasteiger partial charge on any atom is 0.0747 e. The van der Waals surface area contributed by atoms with E-state index in [2.05, 4.69) is 155 Å². The van der Waals surface area contributed by atoms with Crippen molar-refractivity contribution in [3.8, 4) is 27.9 Å². The first kappa shape index (κ1) is 23.1. The molecule has 3 heteroatoms. The Morgan fingerprint density at radius 1 is 0.357 bits per heavy atom. The second-order valence-corrected chi connectivity index (χ2v) is 10.9.